The van der Waals surface area contributed by atoms with Gasteiger partial charge in [0, 0.05) is 31.5 Å². The van der Waals surface area contributed by atoms with E-state index >= 15 is 0 Å². The van der Waals surface area contributed by atoms with Gasteiger partial charge in [-0.15, -0.1) is 11.3 Å². The minimum atomic E-state index is 0.407. The zero-order chi connectivity index (χ0) is 12.3. The fourth-order valence-corrected chi connectivity index (χ4v) is 3.31. The van der Waals surface area contributed by atoms with Crippen LogP contribution in [0.15, 0.2) is 5.38 Å². The molecule has 1 saturated heterocycles. The van der Waals surface area contributed by atoms with Crippen LogP contribution >= 0.6 is 11.3 Å². The Labute approximate surface area is 107 Å². The Morgan fingerprint density at radius 2 is 2.47 bits per heavy atom. The van der Waals surface area contributed by atoms with Crippen molar-refractivity contribution in [3.05, 3.63) is 11.1 Å². The first-order chi connectivity index (χ1) is 8.24. The molecule has 2 unspecified atom stereocenters. The summed E-state index contributed by atoms with van der Waals surface area (Å²) in [5, 5.41) is 3.26. The highest BCUT2D eigenvalue weighted by Gasteiger charge is 2.26. The van der Waals surface area contributed by atoms with Gasteiger partial charge in [-0.05, 0) is 26.3 Å². The monoisotopic (exact) mass is 255 g/mol. The molecule has 0 saturated carbocycles. The molecule has 4 nitrogen and oxygen atoms in total. The van der Waals surface area contributed by atoms with Crippen molar-refractivity contribution in [2.24, 2.45) is 5.73 Å². The van der Waals surface area contributed by atoms with Gasteiger partial charge in [0.25, 0.3) is 0 Å². The second kappa shape index (κ2) is 5.80. The third-order valence-electron chi connectivity index (χ3n) is 3.35. The van der Waals surface area contributed by atoms with Crippen molar-refractivity contribution in [3.8, 4) is 0 Å². The number of nitrogens with two attached hydrogens (primary N) is 1. The van der Waals surface area contributed by atoms with E-state index in [2.05, 4.69) is 22.2 Å². The molecule has 0 radical (unpaired) electrons. The van der Waals surface area contributed by atoms with Gasteiger partial charge in [0.05, 0.1) is 11.8 Å². The molecule has 5 heteroatoms. The SMILES string of the molecule is COC1CCN(c2nc(CCN)cs2)C(C)C1. The van der Waals surface area contributed by atoms with Crippen LogP contribution in [0.1, 0.15) is 25.5 Å². The quantitative estimate of drug-likeness (QED) is 0.889. The highest BCUT2D eigenvalue weighted by Crippen LogP contribution is 2.28. The molecular formula is C12H21N3OS. The van der Waals surface area contributed by atoms with Crippen LogP contribution in [0.3, 0.4) is 0 Å². The van der Waals surface area contributed by atoms with Gasteiger partial charge >= 0.3 is 0 Å². The van der Waals surface area contributed by atoms with E-state index in [1.807, 2.05) is 0 Å². The average Bonchev–Trinajstić information content (AvgIpc) is 2.78. The number of rotatable bonds is 4. The van der Waals surface area contributed by atoms with Crippen molar-refractivity contribution in [1.29, 1.82) is 0 Å². The summed E-state index contributed by atoms with van der Waals surface area (Å²) in [4.78, 5) is 7.04. The fraction of sp³-hybridized carbons (Fsp3) is 0.750. The summed E-state index contributed by atoms with van der Waals surface area (Å²) in [7, 11) is 1.80. The Hall–Kier alpha value is -0.650. The summed E-state index contributed by atoms with van der Waals surface area (Å²) in [6, 6.07) is 0.505. The Balaban J connectivity index is 2.01. The molecule has 1 fully saturated rings. The summed E-state index contributed by atoms with van der Waals surface area (Å²) in [6.07, 6.45) is 3.46. The van der Waals surface area contributed by atoms with Gasteiger partial charge in [0.1, 0.15) is 0 Å². The number of nitrogens with zero attached hydrogens (tertiary/aromatic N) is 2. The van der Waals surface area contributed by atoms with Crippen LogP contribution in [0.5, 0.6) is 0 Å². The lowest BCUT2D eigenvalue weighted by Gasteiger charge is -2.36. The first-order valence-corrected chi connectivity index (χ1v) is 7.06. The third-order valence-corrected chi connectivity index (χ3v) is 4.27. The van der Waals surface area contributed by atoms with E-state index in [9.17, 15) is 0 Å². The average molecular weight is 255 g/mol. The molecule has 96 valence electrons. The number of hydrogen-bond donors (Lipinski definition) is 1. The topological polar surface area (TPSA) is 51.4 Å². The summed E-state index contributed by atoms with van der Waals surface area (Å²) in [5.41, 5.74) is 6.67. The van der Waals surface area contributed by atoms with Crippen LogP contribution in [0.4, 0.5) is 5.13 Å². The highest BCUT2D eigenvalue weighted by molar-refractivity contribution is 7.13. The number of piperidine rings is 1. The Bertz CT molecular complexity index is 355. The van der Waals surface area contributed by atoms with Gasteiger partial charge in [0.2, 0.25) is 0 Å². The molecule has 17 heavy (non-hydrogen) atoms. The summed E-state index contributed by atoms with van der Waals surface area (Å²) >= 11 is 1.73. The van der Waals surface area contributed by atoms with Gasteiger partial charge in [-0.25, -0.2) is 4.98 Å². The molecule has 2 atom stereocenters. The number of aromatic nitrogens is 1. The minimum Gasteiger partial charge on any atom is -0.381 e. The summed E-state index contributed by atoms with van der Waals surface area (Å²) < 4.78 is 5.43. The van der Waals surface area contributed by atoms with E-state index < -0.39 is 0 Å². The van der Waals surface area contributed by atoms with Gasteiger partial charge in [-0.1, -0.05) is 0 Å². The maximum atomic E-state index is 5.55. The lowest BCUT2D eigenvalue weighted by molar-refractivity contribution is 0.0721. The third kappa shape index (κ3) is 2.97. The smallest absolute Gasteiger partial charge is 0.185 e. The number of thiazole rings is 1. The Kier molecular flexibility index (Phi) is 4.36. The fourth-order valence-electron chi connectivity index (χ4n) is 2.32. The van der Waals surface area contributed by atoms with E-state index in [-0.39, 0.29) is 0 Å². The van der Waals surface area contributed by atoms with Crippen molar-refractivity contribution in [1.82, 2.24) is 4.98 Å². The molecule has 2 rings (SSSR count). The molecule has 2 N–H and O–H groups in total. The van der Waals surface area contributed by atoms with E-state index in [0.29, 0.717) is 18.7 Å². The number of anilines is 1. The van der Waals surface area contributed by atoms with Crippen LogP contribution < -0.4 is 10.6 Å². The zero-order valence-electron chi connectivity index (χ0n) is 10.6. The first-order valence-electron chi connectivity index (χ1n) is 6.18. The van der Waals surface area contributed by atoms with Crippen molar-refractivity contribution >= 4 is 16.5 Å². The Morgan fingerprint density at radius 1 is 1.65 bits per heavy atom. The molecule has 0 bridgehead atoms. The molecule has 0 aliphatic carbocycles. The van der Waals surface area contributed by atoms with Crippen LogP contribution in [-0.4, -0.2) is 37.3 Å². The van der Waals surface area contributed by atoms with E-state index in [1.165, 1.54) is 0 Å². The summed E-state index contributed by atoms with van der Waals surface area (Å²) in [5.74, 6) is 0. The van der Waals surface area contributed by atoms with Gasteiger partial charge in [-0.2, -0.15) is 0 Å². The standard InChI is InChI=1S/C12H21N3OS/c1-9-7-11(16-2)4-6-15(9)12-14-10(3-5-13)8-17-12/h8-9,11H,3-7,13H2,1-2H3. The van der Waals surface area contributed by atoms with Crippen LogP contribution in [0, 0.1) is 0 Å². The van der Waals surface area contributed by atoms with Crippen LogP contribution in [0.25, 0.3) is 0 Å². The van der Waals surface area contributed by atoms with Gasteiger partial charge in [-0.3, -0.25) is 0 Å². The molecule has 1 aliphatic rings. The minimum absolute atomic E-state index is 0.407. The molecule has 1 aliphatic heterocycles. The van der Waals surface area contributed by atoms with Crippen molar-refractivity contribution in [3.63, 3.8) is 0 Å². The predicted octanol–water partition coefficient (Wildman–Crippen LogP) is 1.65. The predicted molar refractivity (Wildman–Crippen MR) is 71.7 cm³/mol. The second-order valence-corrected chi connectivity index (χ2v) is 5.42. The first kappa shape index (κ1) is 12.8. The van der Waals surface area contributed by atoms with Gasteiger partial charge in [0.15, 0.2) is 5.13 Å². The maximum Gasteiger partial charge on any atom is 0.185 e. The largest absolute Gasteiger partial charge is 0.381 e. The molecule has 0 spiro atoms. The van der Waals surface area contributed by atoms with E-state index in [0.717, 1.165) is 36.6 Å². The summed E-state index contributed by atoms with van der Waals surface area (Å²) in [6.45, 7) is 3.95. The number of methoxy groups -OCH3 is 1. The maximum absolute atomic E-state index is 5.55. The van der Waals surface area contributed by atoms with Crippen molar-refractivity contribution in [2.75, 3.05) is 25.1 Å². The molecule has 1 aromatic rings. The molecule has 0 amide bonds. The van der Waals surface area contributed by atoms with Gasteiger partial charge < -0.3 is 15.4 Å². The zero-order valence-corrected chi connectivity index (χ0v) is 11.4. The lowest BCUT2D eigenvalue weighted by atomic mass is 10.0. The number of hydrogen-bond acceptors (Lipinski definition) is 5. The highest BCUT2D eigenvalue weighted by atomic mass is 32.1. The van der Waals surface area contributed by atoms with Crippen molar-refractivity contribution < 1.29 is 4.74 Å². The van der Waals surface area contributed by atoms with E-state index in [1.54, 1.807) is 18.4 Å². The molecule has 0 aromatic carbocycles. The molecule has 2 heterocycles. The van der Waals surface area contributed by atoms with Crippen LogP contribution in [-0.2, 0) is 11.2 Å². The number of ether oxygens (including phenoxy) is 1. The van der Waals surface area contributed by atoms with E-state index in [4.69, 9.17) is 10.5 Å². The second-order valence-electron chi connectivity index (χ2n) is 4.58. The Morgan fingerprint density at radius 3 is 3.12 bits per heavy atom. The molecular weight excluding hydrogens is 234 g/mol. The lowest BCUT2D eigenvalue weighted by Crippen LogP contribution is -2.43. The molecule has 1 aromatic heterocycles. The van der Waals surface area contributed by atoms with Crippen LogP contribution in [0.2, 0.25) is 0 Å². The normalized spacial score (nSPS) is 25.2. The van der Waals surface area contributed by atoms with Crippen molar-refractivity contribution in [2.45, 2.75) is 38.3 Å².